The lowest BCUT2D eigenvalue weighted by molar-refractivity contribution is 0.0535. The normalized spacial score (nSPS) is 19.0. The summed E-state index contributed by atoms with van der Waals surface area (Å²) in [5, 5.41) is 0.666. The largest absolute Gasteiger partial charge is 0.338 e. The predicted octanol–water partition coefficient (Wildman–Crippen LogP) is 4.24. The van der Waals surface area contributed by atoms with Crippen LogP contribution in [0.2, 0.25) is 0 Å². The Morgan fingerprint density at radius 3 is 2.64 bits per heavy atom. The van der Waals surface area contributed by atoms with Crippen molar-refractivity contribution in [2.24, 2.45) is 11.1 Å². The van der Waals surface area contributed by atoms with Gasteiger partial charge in [0, 0.05) is 36.1 Å². The number of nitrogens with zero attached hydrogens (tertiary/aromatic N) is 2. The Balaban J connectivity index is 1.82. The summed E-state index contributed by atoms with van der Waals surface area (Å²) in [7, 11) is 0. The molecule has 0 aliphatic carbocycles. The van der Waals surface area contributed by atoms with Crippen molar-refractivity contribution >= 4 is 16.8 Å². The number of pyridine rings is 1. The Morgan fingerprint density at radius 1 is 1.18 bits per heavy atom. The first kappa shape index (κ1) is 18.6. The molecule has 1 aliphatic rings. The number of rotatable bonds is 2. The highest BCUT2D eigenvalue weighted by molar-refractivity contribution is 6.07. The highest BCUT2D eigenvalue weighted by Crippen LogP contribution is 2.31. The Hall–Kier alpha value is -2.79. The van der Waals surface area contributed by atoms with Gasteiger partial charge in [-0.2, -0.15) is 0 Å². The number of aromatic nitrogens is 1. The molecule has 4 rings (SSSR count). The quantitative estimate of drug-likeness (QED) is 0.727. The molecule has 28 heavy (non-hydrogen) atoms. The molecule has 0 radical (unpaired) electrons. The van der Waals surface area contributed by atoms with Gasteiger partial charge in [-0.3, -0.25) is 4.79 Å². The number of likely N-dealkylation sites (tertiary alicyclic amines) is 1. The first-order valence-electron chi connectivity index (χ1n) is 9.56. The van der Waals surface area contributed by atoms with Crippen LogP contribution in [0, 0.1) is 11.2 Å². The van der Waals surface area contributed by atoms with Gasteiger partial charge in [-0.1, -0.05) is 44.2 Å². The summed E-state index contributed by atoms with van der Waals surface area (Å²) in [5.41, 5.74) is 8.67. The lowest BCUT2D eigenvalue weighted by atomic mass is 9.79. The van der Waals surface area contributed by atoms with E-state index in [0.717, 1.165) is 12.0 Å². The number of halogens is 1. The van der Waals surface area contributed by atoms with Crippen molar-refractivity contribution in [2.45, 2.75) is 26.3 Å². The van der Waals surface area contributed by atoms with Crippen molar-refractivity contribution in [1.82, 2.24) is 9.88 Å². The van der Waals surface area contributed by atoms with Crippen LogP contribution in [0.3, 0.4) is 0 Å². The van der Waals surface area contributed by atoms with Crippen LogP contribution in [0.15, 0.2) is 54.6 Å². The molecule has 1 atom stereocenters. The average molecular weight is 377 g/mol. The standard InChI is InChI=1S/C23H24FN3O/c1-23(2)14-27(11-10-21(23)25)22(28)18-13-19(15-6-4-3-5-7-15)26-20-12-16(24)8-9-17(18)20/h3-9,12-13,21H,10-11,14,25H2,1-2H3. The van der Waals surface area contributed by atoms with Gasteiger partial charge in [0.05, 0.1) is 16.8 Å². The summed E-state index contributed by atoms with van der Waals surface area (Å²) < 4.78 is 13.9. The van der Waals surface area contributed by atoms with Crippen LogP contribution in [-0.4, -0.2) is 34.9 Å². The minimum absolute atomic E-state index is 0.0591. The maximum atomic E-state index is 13.9. The Labute approximate surface area is 164 Å². The third kappa shape index (κ3) is 3.38. The first-order valence-corrected chi connectivity index (χ1v) is 9.56. The van der Waals surface area contributed by atoms with Gasteiger partial charge >= 0.3 is 0 Å². The second-order valence-corrected chi connectivity index (χ2v) is 8.19. The van der Waals surface area contributed by atoms with Gasteiger partial charge < -0.3 is 10.6 Å². The van der Waals surface area contributed by atoms with E-state index < -0.39 is 0 Å². The smallest absolute Gasteiger partial charge is 0.254 e. The van der Waals surface area contributed by atoms with Crippen LogP contribution in [0.1, 0.15) is 30.6 Å². The van der Waals surface area contributed by atoms with Crippen LogP contribution in [0.4, 0.5) is 4.39 Å². The van der Waals surface area contributed by atoms with Crippen LogP contribution >= 0.6 is 0 Å². The van der Waals surface area contributed by atoms with E-state index in [-0.39, 0.29) is 23.2 Å². The lowest BCUT2D eigenvalue weighted by Gasteiger charge is -2.42. The second kappa shape index (κ2) is 6.99. The van der Waals surface area contributed by atoms with Gasteiger partial charge in [0.2, 0.25) is 0 Å². The van der Waals surface area contributed by atoms with E-state index in [1.165, 1.54) is 12.1 Å². The second-order valence-electron chi connectivity index (χ2n) is 8.19. The maximum absolute atomic E-state index is 13.9. The SMILES string of the molecule is CC1(C)CN(C(=O)c2cc(-c3ccccc3)nc3cc(F)ccc23)CCC1N. The molecule has 2 aromatic carbocycles. The zero-order valence-electron chi connectivity index (χ0n) is 16.2. The zero-order chi connectivity index (χ0) is 19.9. The fraction of sp³-hybridized carbons (Fsp3) is 0.304. The van der Waals surface area contributed by atoms with E-state index in [4.69, 9.17) is 5.73 Å². The Bertz CT molecular complexity index is 1030. The van der Waals surface area contributed by atoms with Crippen molar-refractivity contribution in [2.75, 3.05) is 13.1 Å². The minimum atomic E-state index is -0.367. The van der Waals surface area contributed by atoms with Crippen molar-refractivity contribution in [1.29, 1.82) is 0 Å². The monoisotopic (exact) mass is 377 g/mol. The number of hydrogen-bond donors (Lipinski definition) is 1. The van der Waals surface area contributed by atoms with E-state index in [2.05, 4.69) is 18.8 Å². The van der Waals surface area contributed by atoms with E-state index >= 15 is 0 Å². The van der Waals surface area contributed by atoms with Crippen LogP contribution in [-0.2, 0) is 0 Å². The Kier molecular flexibility index (Phi) is 4.63. The Morgan fingerprint density at radius 2 is 1.93 bits per heavy atom. The molecule has 2 heterocycles. The van der Waals surface area contributed by atoms with Gasteiger partial charge in [-0.25, -0.2) is 9.37 Å². The van der Waals surface area contributed by atoms with Crippen molar-refractivity contribution in [3.05, 3.63) is 66.0 Å². The molecule has 1 aliphatic heterocycles. The minimum Gasteiger partial charge on any atom is -0.338 e. The number of benzene rings is 2. The number of hydrogen-bond acceptors (Lipinski definition) is 3. The highest BCUT2D eigenvalue weighted by Gasteiger charge is 2.36. The molecule has 1 aromatic heterocycles. The summed E-state index contributed by atoms with van der Waals surface area (Å²) in [4.78, 5) is 19.9. The topological polar surface area (TPSA) is 59.2 Å². The summed E-state index contributed by atoms with van der Waals surface area (Å²) in [5.74, 6) is -0.426. The number of piperidine rings is 1. The molecule has 1 fully saturated rings. The molecular weight excluding hydrogens is 353 g/mol. The molecule has 0 saturated carbocycles. The third-order valence-electron chi connectivity index (χ3n) is 5.67. The van der Waals surface area contributed by atoms with Gasteiger partial charge in [-0.05, 0) is 30.0 Å². The van der Waals surface area contributed by atoms with Crippen LogP contribution < -0.4 is 5.73 Å². The lowest BCUT2D eigenvalue weighted by Crippen LogP contribution is -2.54. The number of fused-ring (bicyclic) bond motifs is 1. The number of carbonyl (C=O) groups excluding carboxylic acids is 1. The highest BCUT2D eigenvalue weighted by atomic mass is 19.1. The fourth-order valence-electron chi connectivity index (χ4n) is 3.85. The van der Waals surface area contributed by atoms with Crippen LogP contribution in [0.25, 0.3) is 22.2 Å². The maximum Gasteiger partial charge on any atom is 0.254 e. The summed E-state index contributed by atoms with van der Waals surface area (Å²) in [6, 6.07) is 15.9. The molecule has 1 amide bonds. The van der Waals surface area contributed by atoms with Crippen LogP contribution in [0.5, 0.6) is 0 Å². The van der Waals surface area contributed by atoms with E-state index in [0.29, 0.717) is 35.2 Å². The number of amides is 1. The molecule has 4 nitrogen and oxygen atoms in total. The van der Waals surface area contributed by atoms with Crippen molar-refractivity contribution in [3.8, 4) is 11.3 Å². The third-order valence-corrected chi connectivity index (χ3v) is 5.67. The van der Waals surface area contributed by atoms with E-state index in [9.17, 15) is 9.18 Å². The van der Waals surface area contributed by atoms with Crippen molar-refractivity contribution < 1.29 is 9.18 Å². The molecule has 5 heteroatoms. The van der Waals surface area contributed by atoms with Gasteiger partial charge in [0.1, 0.15) is 5.82 Å². The summed E-state index contributed by atoms with van der Waals surface area (Å²) >= 11 is 0. The molecule has 1 saturated heterocycles. The molecule has 3 aromatic rings. The van der Waals surface area contributed by atoms with E-state index in [1.807, 2.05) is 41.3 Å². The molecule has 0 spiro atoms. The fourth-order valence-corrected chi connectivity index (χ4v) is 3.85. The molecule has 144 valence electrons. The first-order chi connectivity index (χ1) is 13.3. The number of carbonyl (C=O) groups is 1. The van der Waals surface area contributed by atoms with Gasteiger partial charge in [0.25, 0.3) is 5.91 Å². The van der Waals surface area contributed by atoms with Gasteiger partial charge in [0.15, 0.2) is 0 Å². The van der Waals surface area contributed by atoms with Crippen molar-refractivity contribution in [3.63, 3.8) is 0 Å². The summed E-state index contributed by atoms with van der Waals surface area (Å²) in [6.07, 6.45) is 0.766. The number of nitrogens with two attached hydrogens (primary N) is 1. The molecular formula is C23H24FN3O. The predicted molar refractivity (Wildman–Crippen MR) is 109 cm³/mol. The van der Waals surface area contributed by atoms with E-state index in [1.54, 1.807) is 6.07 Å². The molecule has 1 unspecified atom stereocenters. The van der Waals surface area contributed by atoms with Gasteiger partial charge in [-0.15, -0.1) is 0 Å². The molecule has 2 N–H and O–H groups in total. The molecule has 0 bridgehead atoms. The summed E-state index contributed by atoms with van der Waals surface area (Å²) in [6.45, 7) is 5.40. The zero-order valence-corrected chi connectivity index (χ0v) is 16.2. The average Bonchev–Trinajstić information content (AvgIpc) is 2.69.